The largest absolute Gasteiger partial charge is 0.497 e. The number of anilines is 1. The standard InChI is InChI=1S/C22H22N2O4S/c1-14(25)21-20(16-7-5-4-6-8-16)24-22(29-21)23-19(26)10-9-15-11-17(27-2)13-18(12-15)28-3/h4-8,11-13H,9-10H2,1-3H3,(H,23,24,26). The van der Waals surface area contributed by atoms with Crippen molar-refractivity contribution >= 4 is 28.2 Å². The highest BCUT2D eigenvalue weighted by Gasteiger charge is 2.18. The summed E-state index contributed by atoms with van der Waals surface area (Å²) in [5, 5.41) is 3.23. The zero-order valence-electron chi connectivity index (χ0n) is 16.5. The summed E-state index contributed by atoms with van der Waals surface area (Å²) in [6.45, 7) is 1.50. The number of thiazole rings is 1. The molecule has 0 bridgehead atoms. The number of carbonyl (C=O) groups is 2. The summed E-state index contributed by atoms with van der Waals surface area (Å²) in [5.74, 6) is 1.11. The fraction of sp³-hybridized carbons (Fsp3) is 0.227. The molecule has 29 heavy (non-hydrogen) atoms. The molecule has 0 fully saturated rings. The highest BCUT2D eigenvalue weighted by Crippen LogP contribution is 2.31. The summed E-state index contributed by atoms with van der Waals surface area (Å²) in [7, 11) is 3.18. The number of nitrogens with one attached hydrogen (secondary N) is 1. The normalized spacial score (nSPS) is 10.4. The Hall–Kier alpha value is -3.19. The number of benzene rings is 2. The molecule has 1 amide bonds. The van der Waals surface area contributed by atoms with Gasteiger partial charge in [0.25, 0.3) is 0 Å². The van der Waals surface area contributed by atoms with Gasteiger partial charge < -0.3 is 14.8 Å². The first-order valence-electron chi connectivity index (χ1n) is 9.09. The van der Waals surface area contributed by atoms with E-state index in [0.29, 0.717) is 33.6 Å². The van der Waals surface area contributed by atoms with E-state index >= 15 is 0 Å². The molecule has 0 aliphatic heterocycles. The van der Waals surface area contributed by atoms with Crippen LogP contribution in [0, 0.1) is 0 Å². The van der Waals surface area contributed by atoms with E-state index in [2.05, 4.69) is 10.3 Å². The Bertz CT molecular complexity index is 993. The average Bonchev–Trinajstić information content (AvgIpc) is 3.16. The number of aromatic nitrogens is 1. The molecule has 1 aromatic heterocycles. The van der Waals surface area contributed by atoms with Crippen LogP contribution < -0.4 is 14.8 Å². The van der Waals surface area contributed by atoms with Gasteiger partial charge in [0.05, 0.1) is 24.8 Å². The lowest BCUT2D eigenvalue weighted by molar-refractivity contribution is -0.116. The van der Waals surface area contributed by atoms with Crippen LogP contribution in [-0.2, 0) is 11.2 Å². The van der Waals surface area contributed by atoms with E-state index in [-0.39, 0.29) is 18.1 Å². The molecule has 150 valence electrons. The van der Waals surface area contributed by atoms with Crippen LogP contribution in [0.2, 0.25) is 0 Å². The van der Waals surface area contributed by atoms with Crippen molar-refractivity contribution in [2.75, 3.05) is 19.5 Å². The van der Waals surface area contributed by atoms with Crippen LogP contribution in [0.4, 0.5) is 5.13 Å². The fourth-order valence-corrected chi connectivity index (χ4v) is 3.75. The predicted molar refractivity (Wildman–Crippen MR) is 114 cm³/mol. The van der Waals surface area contributed by atoms with Crippen molar-refractivity contribution in [1.29, 1.82) is 0 Å². The summed E-state index contributed by atoms with van der Waals surface area (Å²) >= 11 is 1.19. The van der Waals surface area contributed by atoms with Crippen molar-refractivity contribution in [3.63, 3.8) is 0 Å². The zero-order chi connectivity index (χ0) is 20.8. The summed E-state index contributed by atoms with van der Waals surface area (Å²) < 4.78 is 10.5. The minimum Gasteiger partial charge on any atom is -0.497 e. The van der Waals surface area contributed by atoms with Gasteiger partial charge in [-0.3, -0.25) is 9.59 Å². The van der Waals surface area contributed by atoms with Gasteiger partial charge in [0, 0.05) is 25.0 Å². The molecule has 2 aromatic carbocycles. The van der Waals surface area contributed by atoms with Crippen LogP contribution >= 0.6 is 11.3 Å². The number of ether oxygens (including phenoxy) is 2. The molecular formula is C22H22N2O4S. The van der Waals surface area contributed by atoms with E-state index in [1.807, 2.05) is 42.5 Å². The molecule has 7 heteroatoms. The number of carbonyl (C=O) groups excluding carboxylic acids is 2. The van der Waals surface area contributed by atoms with Gasteiger partial charge in [-0.05, 0) is 24.1 Å². The van der Waals surface area contributed by atoms with Gasteiger partial charge >= 0.3 is 0 Å². The molecule has 0 radical (unpaired) electrons. The number of ketones is 1. The Labute approximate surface area is 173 Å². The molecule has 0 atom stereocenters. The maximum absolute atomic E-state index is 12.4. The predicted octanol–water partition coefficient (Wildman–Crippen LogP) is 4.60. The quantitative estimate of drug-likeness (QED) is 0.549. The minimum atomic E-state index is -0.171. The number of Topliss-reactive ketones (excluding diaryl/α,β-unsaturated/α-hetero) is 1. The molecule has 0 aliphatic rings. The van der Waals surface area contributed by atoms with Gasteiger partial charge in [-0.25, -0.2) is 4.98 Å². The van der Waals surface area contributed by atoms with Crippen molar-refractivity contribution < 1.29 is 19.1 Å². The van der Waals surface area contributed by atoms with Crippen molar-refractivity contribution in [3.05, 3.63) is 59.0 Å². The topological polar surface area (TPSA) is 77.5 Å². The Morgan fingerprint density at radius 3 is 2.28 bits per heavy atom. The first kappa shape index (κ1) is 20.5. The van der Waals surface area contributed by atoms with Crippen LogP contribution in [0.1, 0.15) is 28.6 Å². The molecule has 3 aromatic rings. The maximum Gasteiger partial charge on any atom is 0.226 e. The SMILES string of the molecule is COc1cc(CCC(=O)Nc2nc(-c3ccccc3)c(C(C)=O)s2)cc(OC)c1. The number of rotatable bonds is 8. The fourth-order valence-electron chi connectivity index (χ4n) is 2.85. The van der Waals surface area contributed by atoms with Gasteiger partial charge in [-0.2, -0.15) is 0 Å². The van der Waals surface area contributed by atoms with Crippen molar-refractivity contribution in [1.82, 2.24) is 4.98 Å². The molecule has 0 saturated heterocycles. The number of hydrogen-bond acceptors (Lipinski definition) is 6. The second-order valence-corrected chi connectivity index (χ2v) is 7.39. The lowest BCUT2D eigenvalue weighted by Crippen LogP contribution is -2.12. The molecule has 0 spiro atoms. The van der Waals surface area contributed by atoms with Gasteiger partial charge in [0.15, 0.2) is 10.9 Å². The summed E-state index contributed by atoms with van der Waals surface area (Å²) in [6, 6.07) is 15.0. The molecule has 0 saturated carbocycles. The molecule has 1 N–H and O–H groups in total. The molecule has 6 nitrogen and oxygen atoms in total. The third kappa shape index (κ3) is 5.20. The molecular weight excluding hydrogens is 388 g/mol. The van der Waals surface area contributed by atoms with Gasteiger partial charge in [0.1, 0.15) is 11.5 Å². The Balaban J connectivity index is 1.71. The van der Waals surface area contributed by atoms with Gasteiger partial charge in [-0.15, -0.1) is 0 Å². The number of methoxy groups -OCH3 is 2. The first-order valence-corrected chi connectivity index (χ1v) is 9.90. The highest BCUT2D eigenvalue weighted by molar-refractivity contribution is 7.18. The Morgan fingerprint density at radius 1 is 1.03 bits per heavy atom. The van der Waals surface area contributed by atoms with E-state index in [4.69, 9.17) is 9.47 Å². The van der Waals surface area contributed by atoms with Crippen molar-refractivity contribution in [3.8, 4) is 22.8 Å². The molecule has 3 rings (SSSR count). The summed E-state index contributed by atoms with van der Waals surface area (Å²) in [6.07, 6.45) is 0.794. The first-order chi connectivity index (χ1) is 14.0. The molecule has 0 aliphatic carbocycles. The van der Waals surface area contributed by atoms with E-state index in [1.165, 1.54) is 18.3 Å². The lowest BCUT2D eigenvalue weighted by Gasteiger charge is -2.08. The van der Waals surface area contributed by atoms with Crippen LogP contribution in [0.15, 0.2) is 48.5 Å². The van der Waals surface area contributed by atoms with Crippen LogP contribution in [0.5, 0.6) is 11.5 Å². The number of hydrogen-bond donors (Lipinski definition) is 1. The van der Waals surface area contributed by atoms with Crippen LogP contribution in [0.25, 0.3) is 11.3 Å². The number of aryl methyl sites for hydroxylation is 1. The monoisotopic (exact) mass is 410 g/mol. The Morgan fingerprint density at radius 2 is 1.69 bits per heavy atom. The minimum absolute atomic E-state index is 0.0784. The number of nitrogens with zero attached hydrogens (tertiary/aromatic N) is 1. The second-order valence-electron chi connectivity index (χ2n) is 6.39. The third-order valence-corrected chi connectivity index (χ3v) is 5.36. The van der Waals surface area contributed by atoms with Crippen LogP contribution in [0.3, 0.4) is 0 Å². The Kier molecular flexibility index (Phi) is 6.61. The van der Waals surface area contributed by atoms with Gasteiger partial charge in [-0.1, -0.05) is 41.7 Å². The third-order valence-electron chi connectivity index (χ3n) is 4.29. The summed E-state index contributed by atoms with van der Waals surface area (Å²) in [5.41, 5.74) is 2.37. The number of amides is 1. The summed E-state index contributed by atoms with van der Waals surface area (Å²) in [4.78, 5) is 29.4. The van der Waals surface area contributed by atoms with Gasteiger partial charge in [0.2, 0.25) is 5.91 Å². The molecule has 0 unspecified atom stereocenters. The van der Waals surface area contributed by atoms with E-state index in [9.17, 15) is 9.59 Å². The highest BCUT2D eigenvalue weighted by atomic mass is 32.1. The van der Waals surface area contributed by atoms with E-state index in [1.54, 1.807) is 20.3 Å². The lowest BCUT2D eigenvalue weighted by atomic mass is 10.1. The second kappa shape index (κ2) is 9.34. The van der Waals surface area contributed by atoms with Crippen molar-refractivity contribution in [2.24, 2.45) is 0 Å². The average molecular weight is 410 g/mol. The smallest absolute Gasteiger partial charge is 0.226 e. The van der Waals surface area contributed by atoms with E-state index < -0.39 is 0 Å². The zero-order valence-corrected chi connectivity index (χ0v) is 17.3. The van der Waals surface area contributed by atoms with Crippen LogP contribution in [-0.4, -0.2) is 30.9 Å². The maximum atomic E-state index is 12.4. The van der Waals surface area contributed by atoms with E-state index in [0.717, 1.165) is 11.1 Å². The van der Waals surface area contributed by atoms with Crippen molar-refractivity contribution in [2.45, 2.75) is 19.8 Å². The molecule has 1 heterocycles.